The maximum absolute atomic E-state index is 13.1. The SMILES string of the molecule is C[C@H]1NC2(CCN(S(=O)(=O)c3ccc(F)cc3)CC2)N(Cc2ccco2)C1=O. The number of nitrogens with zero attached hydrogens (tertiary/aromatic N) is 2. The highest BCUT2D eigenvalue weighted by atomic mass is 32.2. The summed E-state index contributed by atoms with van der Waals surface area (Å²) in [4.78, 5) is 14.5. The van der Waals surface area contributed by atoms with Crippen LogP contribution in [0.4, 0.5) is 4.39 Å². The van der Waals surface area contributed by atoms with Gasteiger partial charge in [-0.25, -0.2) is 12.8 Å². The van der Waals surface area contributed by atoms with Gasteiger partial charge < -0.3 is 9.32 Å². The number of furan rings is 1. The van der Waals surface area contributed by atoms with E-state index in [0.29, 0.717) is 25.1 Å². The quantitative estimate of drug-likeness (QED) is 0.837. The summed E-state index contributed by atoms with van der Waals surface area (Å²) in [5.41, 5.74) is -0.599. The highest BCUT2D eigenvalue weighted by Crippen LogP contribution is 2.35. The topological polar surface area (TPSA) is 82.9 Å². The number of piperidine rings is 1. The molecule has 2 aliphatic heterocycles. The molecule has 1 spiro atoms. The second-order valence-corrected chi connectivity index (χ2v) is 9.20. The lowest BCUT2D eigenvalue weighted by Gasteiger charge is -2.44. The highest BCUT2D eigenvalue weighted by Gasteiger charge is 2.51. The average Bonchev–Trinajstić information content (AvgIpc) is 3.26. The fourth-order valence-corrected chi connectivity index (χ4v) is 5.48. The van der Waals surface area contributed by atoms with Gasteiger partial charge in [0.25, 0.3) is 0 Å². The summed E-state index contributed by atoms with van der Waals surface area (Å²) in [6.07, 6.45) is 2.49. The molecule has 1 N–H and O–H groups in total. The molecule has 2 aromatic rings. The van der Waals surface area contributed by atoms with Crippen molar-refractivity contribution in [2.75, 3.05) is 13.1 Å². The standard InChI is InChI=1S/C19H22FN3O4S/c1-14-18(24)23(13-16-3-2-12-27-16)19(21-14)8-10-22(11-9-19)28(25,26)17-6-4-15(20)5-7-17/h2-7,12,14,21H,8-11,13H2,1H3/t14-/m1/s1. The van der Waals surface area contributed by atoms with Gasteiger partial charge in [-0.05, 0) is 56.2 Å². The predicted molar refractivity (Wildman–Crippen MR) is 99.0 cm³/mol. The van der Waals surface area contributed by atoms with Gasteiger partial charge in [-0.15, -0.1) is 0 Å². The number of nitrogens with one attached hydrogen (secondary N) is 1. The first-order valence-corrected chi connectivity index (χ1v) is 10.6. The van der Waals surface area contributed by atoms with Gasteiger partial charge in [0.05, 0.1) is 29.4 Å². The summed E-state index contributed by atoms with van der Waals surface area (Å²) in [5, 5.41) is 3.36. The minimum absolute atomic E-state index is 0.0220. The van der Waals surface area contributed by atoms with E-state index in [9.17, 15) is 17.6 Å². The molecule has 3 heterocycles. The minimum Gasteiger partial charge on any atom is -0.467 e. The van der Waals surface area contributed by atoms with Gasteiger partial charge in [0, 0.05) is 13.1 Å². The Kier molecular flexibility index (Phi) is 4.76. The second-order valence-electron chi connectivity index (χ2n) is 7.26. The zero-order valence-electron chi connectivity index (χ0n) is 15.5. The van der Waals surface area contributed by atoms with Crippen LogP contribution in [0.3, 0.4) is 0 Å². The number of benzene rings is 1. The van der Waals surface area contributed by atoms with Crippen LogP contribution >= 0.6 is 0 Å². The van der Waals surface area contributed by atoms with Crippen molar-refractivity contribution in [3.63, 3.8) is 0 Å². The van der Waals surface area contributed by atoms with E-state index >= 15 is 0 Å². The van der Waals surface area contributed by atoms with Crippen LogP contribution in [0.25, 0.3) is 0 Å². The van der Waals surface area contributed by atoms with Crippen LogP contribution in [0.2, 0.25) is 0 Å². The van der Waals surface area contributed by atoms with E-state index in [1.54, 1.807) is 17.2 Å². The first kappa shape index (κ1) is 19.1. The number of carbonyl (C=O) groups excluding carboxylic acids is 1. The Bertz CT molecular complexity index is 952. The lowest BCUT2D eigenvalue weighted by Crippen LogP contribution is -2.59. The Balaban J connectivity index is 1.53. The molecule has 0 unspecified atom stereocenters. The number of halogens is 1. The smallest absolute Gasteiger partial charge is 0.243 e. The summed E-state index contributed by atoms with van der Waals surface area (Å²) in [6, 6.07) is 8.09. The first-order chi connectivity index (χ1) is 13.3. The molecule has 4 rings (SSSR count). The average molecular weight is 407 g/mol. The van der Waals surface area contributed by atoms with E-state index < -0.39 is 21.5 Å². The summed E-state index contributed by atoms with van der Waals surface area (Å²) in [6.45, 7) is 2.68. The molecule has 1 aromatic carbocycles. The third-order valence-corrected chi connectivity index (χ3v) is 7.45. The Labute approximate surface area is 163 Å². The van der Waals surface area contributed by atoms with E-state index in [1.165, 1.54) is 16.4 Å². The van der Waals surface area contributed by atoms with Crippen LogP contribution in [0.1, 0.15) is 25.5 Å². The fraction of sp³-hybridized carbons (Fsp3) is 0.421. The van der Waals surface area contributed by atoms with E-state index in [0.717, 1.165) is 12.1 Å². The Morgan fingerprint density at radius 2 is 1.89 bits per heavy atom. The molecule has 2 aliphatic rings. The maximum atomic E-state index is 13.1. The number of hydrogen-bond acceptors (Lipinski definition) is 5. The summed E-state index contributed by atoms with van der Waals surface area (Å²) in [7, 11) is -3.70. The van der Waals surface area contributed by atoms with Gasteiger partial charge in [-0.2, -0.15) is 4.31 Å². The monoisotopic (exact) mass is 407 g/mol. The third kappa shape index (κ3) is 3.23. The largest absolute Gasteiger partial charge is 0.467 e. The normalized spacial score (nSPS) is 22.9. The van der Waals surface area contributed by atoms with Crippen molar-refractivity contribution in [3.8, 4) is 0 Å². The molecular formula is C19H22FN3O4S. The molecule has 0 aliphatic carbocycles. The molecule has 1 aromatic heterocycles. The lowest BCUT2D eigenvalue weighted by atomic mass is 9.97. The van der Waals surface area contributed by atoms with Crippen molar-refractivity contribution in [2.45, 2.75) is 42.9 Å². The lowest BCUT2D eigenvalue weighted by molar-refractivity contribution is -0.134. The summed E-state index contributed by atoms with van der Waals surface area (Å²) < 4.78 is 45.6. The molecule has 1 atom stereocenters. The first-order valence-electron chi connectivity index (χ1n) is 9.19. The summed E-state index contributed by atoms with van der Waals surface area (Å²) in [5.74, 6) is 0.184. The zero-order chi connectivity index (χ0) is 19.9. The van der Waals surface area contributed by atoms with Crippen molar-refractivity contribution in [1.82, 2.24) is 14.5 Å². The van der Waals surface area contributed by atoms with Crippen LogP contribution in [-0.4, -0.2) is 48.3 Å². The molecule has 9 heteroatoms. The third-order valence-electron chi connectivity index (χ3n) is 5.53. The number of rotatable bonds is 4. The van der Waals surface area contributed by atoms with Gasteiger partial charge in [0.1, 0.15) is 11.6 Å². The van der Waals surface area contributed by atoms with Crippen LogP contribution in [-0.2, 0) is 21.4 Å². The minimum atomic E-state index is -3.70. The molecule has 0 saturated carbocycles. The van der Waals surface area contributed by atoms with Crippen molar-refractivity contribution in [2.24, 2.45) is 0 Å². The predicted octanol–water partition coefficient (Wildman–Crippen LogP) is 1.92. The zero-order valence-corrected chi connectivity index (χ0v) is 16.3. The molecule has 28 heavy (non-hydrogen) atoms. The Morgan fingerprint density at radius 1 is 1.21 bits per heavy atom. The number of sulfonamides is 1. The Hall–Kier alpha value is -2.23. The van der Waals surface area contributed by atoms with Crippen LogP contribution < -0.4 is 5.32 Å². The molecule has 2 saturated heterocycles. The number of hydrogen-bond donors (Lipinski definition) is 1. The molecule has 1 amide bonds. The second kappa shape index (κ2) is 6.98. The molecule has 150 valence electrons. The van der Waals surface area contributed by atoms with Crippen molar-refractivity contribution in [3.05, 3.63) is 54.2 Å². The van der Waals surface area contributed by atoms with Crippen molar-refractivity contribution in [1.29, 1.82) is 0 Å². The molecule has 0 radical (unpaired) electrons. The molecular weight excluding hydrogens is 385 g/mol. The van der Waals surface area contributed by atoms with Crippen molar-refractivity contribution >= 4 is 15.9 Å². The summed E-state index contributed by atoms with van der Waals surface area (Å²) >= 11 is 0. The van der Waals surface area contributed by atoms with Gasteiger partial charge in [0.15, 0.2) is 0 Å². The molecule has 0 bridgehead atoms. The highest BCUT2D eigenvalue weighted by molar-refractivity contribution is 7.89. The van der Waals surface area contributed by atoms with E-state index in [2.05, 4.69) is 5.32 Å². The van der Waals surface area contributed by atoms with Crippen LogP contribution in [0, 0.1) is 5.82 Å². The number of amides is 1. The fourth-order valence-electron chi connectivity index (χ4n) is 4.04. The number of carbonyl (C=O) groups is 1. The van der Waals surface area contributed by atoms with E-state index in [1.807, 2.05) is 13.0 Å². The van der Waals surface area contributed by atoms with Gasteiger partial charge >= 0.3 is 0 Å². The van der Waals surface area contributed by atoms with E-state index in [4.69, 9.17) is 4.42 Å². The van der Waals surface area contributed by atoms with Crippen molar-refractivity contribution < 1.29 is 22.0 Å². The maximum Gasteiger partial charge on any atom is 0.243 e. The van der Waals surface area contributed by atoms with Gasteiger partial charge in [-0.3, -0.25) is 10.1 Å². The van der Waals surface area contributed by atoms with Gasteiger partial charge in [0.2, 0.25) is 15.9 Å². The molecule has 2 fully saturated rings. The van der Waals surface area contributed by atoms with Crippen LogP contribution in [0.15, 0.2) is 52.0 Å². The van der Waals surface area contributed by atoms with Crippen LogP contribution in [0.5, 0.6) is 0 Å². The molecule has 7 nitrogen and oxygen atoms in total. The van der Waals surface area contributed by atoms with E-state index in [-0.39, 0.29) is 29.9 Å². The Morgan fingerprint density at radius 3 is 2.50 bits per heavy atom. The van der Waals surface area contributed by atoms with Gasteiger partial charge in [-0.1, -0.05) is 0 Å².